The van der Waals surface area contributed by atoms with Crippen molar-refractivity contribution >= 4 is 80.9 Å². The highest BCUT2D eigenvalue weighted by atomic mass is 16.6. The lowest BCUT2D eigenvalue weighted by Crippen LogP contribution is -2.46. The number of ketones is 4. The lowest BCUT2D eigenvalue weighted by molar-refractivity contribution is -0.150. The third-order valence-electron chi connectivity index (χ3n) is 19.5. The van der Waals surface area contributed by atoms with Gasteiger partial charge in [-0.05, 0) is 166 Å². The van der Waals surface area contributed by atoms with E-state index in [9.17, 15) is 47.9 Å². The molecule has 0 radical (unpaired) electrons. The fourth-order valence-corrected chi connectivity index (χ4v) is 14.1. The van der Waals surface area contributed by atoms with Crippen LogP contribution in [0.2, 0.25) is 0 Å². The highest BCUT2D eigenvalue weighted by Crippen LogP contribution is 2.51. The number of Topliss-reactive ketones (excluding diaryl/α,β-unsaturated/α-hetero) is 4. The molecule has 0 N–H and O–H groups in total. The number of ether oxygens (including phenoxy) is 6. The number of piperidine rings is 3. The summed E-state index contributed by atoms with van der Waals surface area (Å²) < 4.78 is 33.8. The summed E-state index contributed by atoms with van der Waals surface area (Å²) >= 11 is 0. The van der Waals surface area contributed by atoms with Crippen molar-refractivity contribution in [1.82, 2.24) is 14.7 Å². The molecule has 6 aromatic carbocycles. The Kier molecular flexibility index (Phi) is 18.8. The second-order valence-electron chi connectivity index (χ2n) is 29.1. The van der Waals surface area contributed by atoms with Gasteiger partial charge in [-0.15, -0.1) is 0 Å². The average Bonchev–Trinajstić information content (AvgIpc) is 1.58. The normalized spacial score (nSPS) is 22.6. The number of hydrogen-bond donors (Lipinski definition) is 0. The van der Waals surface area contributed by atoms with Gasteiger partial charge in [-0.1, -0.05) is 135 Å². The van der Waals surface area contributed by atoms with Gasteiger partial charge >= 0.3 is 36.2 Å². The van der Waals surface area contributed by atoms with Crippen molar-refractivity contribution in [3.63, 3.8) is 0 Å². The van der Waals surface area contributed by atoms with Gasteiger partial charge in [0.15, 0.2) is 24.8 Å². The van der Waals surface area contributed by atoms with Crippen molar-refractivity contribution in [3.05, 3.63) is 144 Å². The molecule has 3 heterocycles. The Morgan fingerprint density at radius 2 is 0.740 bits per heavy atom. The van der Waals surface area contributed by atoms with Gasteiger partial charge in [0.05, 0.1) is 13.2 Å². The second kappa shape index (κ2) is 27.1. The van der Waals surface area contributed by atoms with E-state index in [0.29, 0.717) is 65.1 Å². The van der Waals surface area contributed by atoms with E-state index in [2.05, 4.69) is 0 Å². The number of carbonyl (C=O) groups is 10. The van der Waals surface area contributed by atoms with Gasteiger partial charge in [-0.2, -0.15) is 0 Å². The largest absolute Gasteiger partial charge is 0.464 e. The van der Waals surface area contributed by atoms with E-state index in [1.807, 2.05) is 86.6 Å². The molecule has 502 valence electrons. The Hall–Kier alpha value is -9.26. The van der Waals surface area contributed by atoms with Gasteiger partial charge in [0.25, 0.3) is 0 Å². The van der Waals surface area contributed by atoms with Crippen LogP contribution in [0.3, 0.4) is 0 Å². The molecule has 0 aromatic heterocycles. The summed E-state index contributed by atoms with van der Waals surface area (Å²) in [6, 6.07) is 34.0. The Balaban J connectivity index is 0.567. The summed E-state index contributed by atoms with van der Waals surface area (Å²) in [6.45, 7) is 13.6. The smallest absolute Gasteiger partial charge is 0.411 e. The van der Waals surface area contributed by atoms with Crippen LogP contribution in [0.4, 0.5) is 14.4 Å². The average molecular weight is 1310 g/mol. The quantitative estimate of drug-likeness (QED) is 0.0329. The summed E-state index contributed by atoms with van der Waals surface area (Å²) in [5, 5.41) is 2.96. The van der Waals surface area contributed by atoms with Gasteiger partial charge in [0.1, 0.15) is 29.3 Å². The zero-order valence-corrected chi connectivity index (χ0v) is 55.7. The van der Waals surface area contributed by atoms with Crippen LogP contribution in [-0.2, 0) is 42.8 Å². The number of amides is 3. The van der Waals surface area contributed by atoms with Crippen molar-refractivity contribution in [2.45, 2.75) is 167 Å². The van der Waals surface area contributed by atoms with Crippen LogP contribution in [0.25, 0.3) is 43.8 Å². The summed E-state index contributed by atoms with van der Waals surface area (Å²) in [6.07, 6.45) is 3.50. The van der Waals surface area contributed by atoms with Crippen molar-refractivity contribution < 1.29 is 76.4 Å². The maximum atomic E-state index is 13.6. The number of esters is 3. The van der Waals surface area contributed by atoms with Gasteiger partial charge in [0.2, 0.25) is 11.6 Å². The molecule has 6 aliphatic rings. The molecule has 3 aliphatic carbocycles. The Bertz CT molecular complexity index is 4070. The predicted molar refractivity (Wildman–Crippen MR) is 356 cm³/mol. The van der Waals surface area contributed by atoms with E-state index in [-0.39, 0.29) is 96.9 Å². The molecule has 6 fully saturated rings. The van der Waals surface area contributed by atoms with E-state index < -0.39 is 78.7 Å². The molecule has 3 aliphatic heterocycles. The first-order chi connectivity index (χ1) is 45.8. The lowest BCUT2D eigenvalue weighted by atomic mass is 9.93. The third kappa shape index (κ3) is 14.7. The van der Waals surface area contributed by atoms with Gasteiger partial charge in [-0.25, -0.2) is 28.8 Å². The molecule has 3 saturated carbocycles. The summed E-state index contributed by atoms with van der Waals surface area (Å²) in [5.74, 6) is -2.33. The Morgan fingerprint density at radius 3 is 1.12 bits per heavy atom. The molecule has 3 unspecified atom stereocenters. The summed E-state index contributed by atoms with van der Waals surface area (Å²) in [5.41, 5.74) is 3.74. The number of rotatable bonds is 23. The van der Waals surface area contributed by atoms with Crippen LogP contribution in [0.15, 0.2) is 121 Å². The molecule has 19 heteroatoms. The molecule has 0 bridgehead atoms. The van der Waals surface area contributed by atoms with E-state index in [1.54, 1.807) is 90.1 Å². The molecule has 11 atom stereocenters. The van der Waals surface area contributed by atoms with Crippen molar-refractivity contribution in [2.24, 2.45) is 29.6 Å². The molecule has 3 saturated heterocycles. The zero-order valence-electron chi connectivity index (χ0n) is 55.7. The molecule has 96 heavy (non-hydrogen) atoms. The fraction of sp³-hybridized carbons (Fsp3) is 0.455. The van der Waals surface area contributed by atoms with E-state index >= 15 is 0 Å². The highest BCUT2D eigenvalue weighted by molar-refractivity contribution is 6.13. The lowest BCUT2D eigenvalue weighted by Gasteiger charge is -2.29. The Morgan fingerprint density at radius 1 is 0.396 bits per heavy atom. The van der Waals surface area contributed by atoms with E-state index in [1.165, 1.54) is 14.7 Å². The Labute approximate surface area is 558 Å². The number of nitrogens with zero attached hydrogens (tertiary/aromatic N) is 3. The van der Waals surface area contributed by atoms with Crippen LogP contribution >= 0.6 is 0 Å². The maximum Gasteiger partial charge on any atom is 0.411 e. The zero-order chi connectivity index (χ0) is 68.1. The van der Waals surface area contributed by atoms with Gasteiger partial charge in [-0.3, -0.25) is 33.9 Å². The van der Waals surface area contributed by atoms with Crippen molar-refractivity contribution in [3.8, 4) is 22.3 Å². The second-order valence-corrected chi connectivity index (χ2v) is 29.1. The first-order valence-corrected chi connectivity index (χ1v) is 33.6. The fourth-order valence-electron chi connectivity index (χ4n) is 14.1. The first kappa shape index (κ1) is 66.7. The molecule has 0 spiro atoms. The molecular weight excluding hydrogens is 1220 g/mol. The topological polar surface area (TPSA) is 236 Å². The van der Waals surface area contributed by atoms with Crippen molar-refractivity contribution in [1.29, 1.82) is 0 Å². The highest BCUT2D eigenvalue weighted by Gasteiger charge is 2.60. The minimum absolute atomic E-state index is 0.0587. The molecule has 12 rings (SSSR count). The van der Waals surface area contributed by atoms with Crippen LogP contribution in [-0.4, -0.2) is 148 Å². The maximum absolute atomic E-state index is 13.6. The van der Waals surface area contributed by atoms with Crippen LogP contribution in [0, 0.1) is 29.6 Å². The predicted octanol–water partition coefficient (Wildman–Crippen LogP) is 13.6. The van der Waals surface area contributed by atoms with Gasteiger partial charge < -0.3 is 28.4 Å². The van der Waals surface area contributed by atoms with Crippen LogP contribution in [0.1, 0.15) is 161 Å². The number of benzene rings is 6. The molecular formula is C77H83N3O16. The summed E-state index contributed by atoms with van der Waals surface area (Å²) in [7, 11) is 0. The third-order valence-corrected chi connectivity index (χ3v) is 19.5. The standard InChI is InChI=1S/C77H83N3O16/c1-43(21-31-66(81)47-27-23-45(24-28-47)52-13-9-17-56-54(52)15-11-19-58(56)68(83)41-92-71(86)64-37-50-34-61(50)79(64)74(89)95-76(3,4)5)39-91-70(85)63-36-49-33-60(49)78(63)73(88)94-40-44(2)22-32-67(82)48-29-25-46(26-30-48)53-14-10-18-57-55(53)16-12-20-59(57)69(84)42-93-72(87)65-38-51-35-62(51)80(65)75(90)96-77(6,7)8/h9-20,23-30,43-44,49-51,60-65H,21-22,31-42H2,1-8H3/t43-,44-,49?,50+,51+,60?,61-,62-,63?,64+,65+/m1/s1. The van der Waals surface area contributed by atoms with Crippen LogP contribution in [0.5, 0.6) is 0 Å². The minimum Gasteiger partial charge on any atom is -0.464 e. The number of carbonyl (C=O) groups excluding carboxylic acids is 10. The van der Waals surface area contributed by atoms with E-state index in [0.717, 1.165) is 52.3 Å². The molecule has 6 aromatic rings. The number of hydrogen-bond acceptors (Lipinski definition) is 16. The monoisotopic (exact) mass is 1310 g/mol. The number of fused-ring (bicyclic) bond motifs is 5. The van der Waals surface area contributed by atoms with Crippen molar-refractivity contribution in [2.75, 3.05) is 26.4 Å². The molecule has 19 nitrogen and oxygen atoms in total. The van der Waals surface area contributed by atoms with Gasteiger partial charge in [0, 0.05) is 53.2 Å². The minimum atomic E-state index is -0.805. The van der Waals surface area contributed by atoms with E-state index in [4.69, 9.17) is 28.4 Å². The SMILES string of the molecule is C[C@H](CCC(=O)c1ccc(-c2cccc3c(C(=O)COC(=O)[C@@H]4C[C@@H]5C[C@H]5N4C(=O)OC(C)(C)C)cccc23)cc1)COC(=O)C1CC2CC2N1C(=O)OC[C@H](C)CCC(=O)c1ccc(-c2cccc3c(C(=O)COC(=O)[C@@H]4C[C@@H]5C[C@H]5N4C(=O)OC(C)(C)C)cccc23)cc1. The molecule has 3 amide bonds. The number of likely N-dealkylation sites (tertiary alicyclic amines) is 3. The first-order valence-electron chi connectivity index (χ1n) is 33.6. The van der Waals surface area contributed by atoms with Crippen LogP contribution < -0.4 is 0 Å². The summed E-state index contributed by atoms with van der Waals surface area (Å²) in [4.78, 5) is 139.